The summed E-state index contributed by atoms with van der Waals surface area (Å²) in [5.74, 6) is -0.567. The number of nitrogens with zero attached hydrogens (tertiary/aromatic N) is 3. The standard InChI is InChI=1S/C14H15F3N4O2/c1-10(8-21-6-2-5-19-21)20-13(22)11-3-4-12(18-7-11)23-9-14(15,16)17/h2-7,10H,8-9H2,1H3,(H,20,22)/t10-/m1/s1. The summed E-state index contributed by atoms with van der Waals surface area (Å²) in [4.78, 5) is 15.7. The summed E-state index contributed by atoms with van der Waals surface area (Å²) in [6.07, 6.45) is 0.149. The maximum absolute atomic E-state index is 12.0. The molecule has 0 saturated carbocycles. The van der Waals surface area contributed by atoms with Crippen LogP contribution in [0.1, 0.15) is 17.3 Å². The Kier molecular flexibility index (Phi) is 5.20. The van der Waals surface area contributed by atoms with Crippen molar-refractivity contribution in [3.05, 3.63) is 42.4 Å². The minimum Gasteiger partial charge on any atom is -0.468 e. The summed E-state index contributed by atoms with van der Waals surface area (Å²) in [7, 11) is 0. The van der Waals surface area contributed by atoms with E-state index < -0.39 is 12.8 Å². The maximum atomic E-state index is 12.0. The molecule has 0 aliphatic heterocycles. The zero-order chi connectivity index (χ0) is 16.9. The van der Waals surface area contributed by atoms with Gasteiger partial charge >= 0.3 is 6.18 Å². The lowest BCUT2D eigenvalue weighted by molar-refractivity contribution is -0.154. The smallest absolute Gasteiger partial charge is 0.422 e. The molecule has 1 N–H and O–H groups in total. The SMILES string of the molecule is C[C@H](Cn1cccn1)NC(=O)c1ccc(OCC(F)(F)F)nc1. The normalized spacial score (nSPS) is 12.7. The fourth-order valence-electron chi connectivity index (χ4n) is 1.80. The minimum absolute atomic E-state index is 0.177. The highest BCUT2D eigenvalue weighted by Crippen LogP contribution is 2.17. The average Bonchev–Trinajstić information content (AvgIpc) is 2.97. The van der Waals surface area contributed by atoms with Crippen molar-refractivity contribution in [2.24, 2.45) is 0 Å². The van der Waals surface area contributed by atoms with E-state index in [9.17, 15) is 18.0 Å². The quantitative estimate of drug-likeness (QED) is 0.881. The van der Waals surface area contributed by atoms with Crippen molar-refractivity contribution in [1.29, 1.82) is 0 Å². The Bertz CT molecular complexity index is 626. The molecular weight excluding hydrogens is 313 g/mol. The number of carbonyl (C=O) groups is 1. The number of carbonyl (C=O) groups excluding carboxylic acids is 1. The van der Waals surface area contributed by atoms with Crippen LogP contribution in [0, 0.1) is 0 Å². The van der Waals surface area contributed by atoms with Gasteiger partial charge in [-0.25, -0.2) is 4.98 Å². The van der Waals surface area contributed by atoms with Gasteiger partial charge in [0.05, 0.1) is 12.1 Å². The van der Waals surface area contributed by atoms with Crippen molar-refractivity contribution in [3.8, 4) is 5.88 Å². The third-order valence-corrected chi connectivity index (χ3v) is 2.78. The van der Waals surface area contributed by atoms with Gasteiger partial charge in [0.2, 0.25) is 5.88 Å². The predicted molar refractivity (Wildman–Crippen MR) is 74.9 cm³/mol. The molecule has 2 heterocycles. The lowest BCUT2D eigenvalue weighted by atomic mass is 10.2. The Balaban J connectivity index is 1.87. The van der Waals surface area contributed by atoms with Crippen LogP contribution >= 0.6 is 0 Å². The van der Waals surface area contributed by atoms with E-state index in [-0.39, 0.29) is 23.4 Å². The lowest BCUT2D eigenvalue weighted by Gasteiger charge is -2.14. The number of nitrogens with one attached hydrogen (secondary N) is 1. The van der Waals surface area contributed by atoms with Crippen LogP contribution in [0.4, 0.5) is 13.2 Å². The third-order valence-electron chi connectivity index (χ3n) is 2.78. The van der Waals surface area contributed by atoms with Gasteiger partial charge in [-0.05, 0) is 19.1 Å². The van der Waals surface area contributed by atoms with Crippen molar-refractivity contribution in [3.63, 3.8) is 0 Å². The molecule has 9 heteroatoms. The van der Waals surface area contributed by atoms with Gasteiger partial charge in [0.15, 0.2) is 6.61 Å². The number of alkyl halides is 3. The average molecular weight is 328 g/mol. The largest absolute Gasteiger partial charge is 0.468 e. The second-order valence-corrected chi connectivity index (χ2v) is 4.89. The van der Waals surface area contributed by atoms with E-state index in [1.54, 1.807) is 23.1 Å². The van der Waals surface area contributed by atoms with Gasteiger partial charge in [-0.15, -0.1) is 0 Å². The van der Waals surface area contributed by atoms with Gasteiger partial charge < -0.3 is 10.1 Å². The lowest BCUT2D eigenvalue weighted by Crippen LogP contribution is -2.35. The van der Waals surface area contributed by atoms with Gasteiger partial charge in [0, 0.05) is 30.7 Å². The Morgan fingerprint density at radius 3 is 2.78 bits per heavy atom. The molecule has 2 aromatic rings. The Morgan fingerprint density at radius 2 is 2.22 bits per heavy atom. The van der Waals surface area contributed by atoms with Gasteiger partial charge in [0.25, 0.3) is 5.91 Å². The van der Waals surface area contributed by atoms with Gasteiger partial charge in [-0.3, -0.25) is 9.48 Å². The maximum Gasteiger partial charge on any atom is 0.422 e. The van der Waals surface area contributed by atoms with Crippen LogP contribution < -0.4 is 10.1 Å². The van der Waals surface area contributed by atoms with E-state index in [0.717, 1.165) is 0 Å². The first-order valence-corrected chi connectivity index (χ1v) is 6.77. The van der Waals surface area contributed by atoms with Crippen LogP contribution in [-0.4, -0.2) is 39.5 Å². The van der Waals surface area contributed by atoms with Crippen LogP contribution in [0.25, 0.3) is 0 Å². The topological polar surface area (TPSA) is 69.0 Å². The fourth-order valence-corrected chi connectivity index (χ4v) is 1.80. The number of hydrogen-bond acceptors (Lipinski definition) is 4. The second-order valence-electron chi connectivity index (χ2n) is 4.89. The van der Waals surface area contributed by atoms with Crippen molar-refractivity contribution >= 4 is 5.91 Å². The molecule has 0 aliphatic carbocycles. The van der Waals surface area contributed by atoms with Crippen LogP contribution in [-0.2, 0) is 6.54 Å². The first kappa shape index (κ1) is 16.8. The van der Waals surface area contributed by atoms with Crippen LogP contribution in [0.5, 0.6) is 5.88 Å². The highest BCUT2D eigenvalue weighted by molar-refractivity contribution is 5.94. The molecule has 2 aromatic heterocycles. The number of hydrogen-bond donors (Lipinski definition) is 1. The summed E-state index contributed by atoms with van der Waals surface area (Å²) >= 11 is 0. The molecule has 0 radical (unpaired) electrons. The Morgan fingerprint density at radius 1 is 1.43 bits per heavy atom. The summed E-state index contributed by atoms with van der Waals surface area (Å²) in [5, 5.41) is 6.78. The molecule has 1 atom stereocenters. The van der Waals surface area contributed by atoms with Crippen LogP contribution in [0.2, 0.25) is 0 Å². The first-order valence-electron chi connectivity index (χ1n) is 6.77. The summed E-state index contributed by atoms with van der Waals surface area (Å²) in [6.45, 7) is 0.888. The molecule has 0 fully saturated rings. The molecule has 23 heavy (non-hydrogen) atoms. The molecular formula is C14H15F3N4O2. The number of ether oxygens (including phenoxy) is 1. The molecule has 124 valence electrons. The number of pyridine rings is 1. The Labute approximate surface area is 130 Å². The number of aromatic nitrogens is 3. The predicted octanol–water partition coefficient (Wildman–Crippen LogP) is 2.04. The first-order chi connectivity index (χ1) is 10.8. The van der Waals surface area contributed by atoms with E-state index in [1.165, 1.54) is 18.3 Å². The van der Waals surface area contributed by atoms with Crippen LogP contribution in [0.15, 0.2) is 36.8 Å². The van der Waals surface area contributed by atoms with E-state index in [0.29, 0.717) is 6.54 Å². The van der Waals surface area contributed by atoms with E-state index in [2.05, 4.69) is 20.1 Å². The number of amides is 1. The van der Waals surface area contributed by atoms with Crippen LogP contribution in [0.3, 0.4) is 0 Å². The minimum atomic E-state index is -4.43. The fraction of sp³-hybridized carbons (Fsp3) is 0.357. The molecule has 0 bridgehead atoms. The van der Waals surface area contributed by atoms with Gasteiger partial charge in [-0.2, -0.15) is 18.3 Å². The molecule has 1 amide bonds. The van der Waals surface area contributed by atoms with Gasteiger partial charge in [0.1, 0.15) is 0 Å². The van der Waals surface area contributed by atoms with Crippen molar-refractivity contribution in [2.45, 2.75) is 25.7 Å². The zero-order valence-electron chi connectivity index (χ0n) is 12.2. The van der Waals surface area contributed by atoms with E-state index in [1.807, 2.05) is 6.92 Å². The van der Waals surface area contributed by atoms with E-state index in [4.69, 9.17) is 0 Å². The number of halogens is 3. The summed E-state index contributed by atoms with van der Waals surface area (Å²) < 4.78 is 42.2. The number of rotatable bonds is 6. The van der Waals surface area contributed by atoms with Crippen molar-refractivity contribution in [2.75, 3.05) is 6.61 Å². The molecule has 0 aromatic carbocycles. The highest BCUT2D eigenvalue weighted by Gasteiger charge is 2.28. The monoisotopic (exact) mass is 328 g/mol. The third kappa shape index (κ3) is 5.61. The van der Waals surface area contributed by atoms with Crippen molar-refractivity contribution < 1.29 is 22.7 Å². The molecule has 6 nitrogen and oxygen atoms in total. The van der Waals surface area contributed by atoms with Crippen molar-refractivity contribution in [1.82, 2.24) is 20.1 Å². The summed E-state index contributed by atoms with van der Waals surface area (Å²) in [6, 6.07) is 4.18. The molecule has 0 aliphatic rings. The zero-order valence-corrected chi connectivity index (χ0v) is 12.2. The second kappa shape index (κ2) is 7.12. The Hall–Kier alpha value is -2.58. The molecule has 0 unspecified atom stereocenters. The molecule has 0 saturated heterocycles. The highest BCUT2D eigenvalue weighted by atomic mass is 19.4. The summed E-state index contributed by atoms with van der Waals surface area (Å²) in [5.41, 5.74) is 0.233. The molecule has 0 spiro atoms. The van der Waals surface area contributed by atoms with Gasteiger partial charge in [-0.1, -0.05) is 0 Å². The van der Waals surface area contributed by atoms with E-state index >= 15 is 0 Å². The molecule has 2 rings (SSSR count).